The van der Waals surface area contributed by atoms with Crippen molar-refractivity contribution in [3.05, 3.63) is 51.8 Å². The summed E-state index contributed by atoms with van der Waals surface area (Å²) in [5, 5.41) is 11.2. The standard InChI is InChI=1S/C22H28N2O5/c1-6-15-9-10-16-18(13-15)24(17(7-2)19(20(16)26)21(27)28)12-8-11-23(14-25)29-22(3,4)5/h6,9-10,13-14H,1,7-8,11-12H2,2-5H3,(H,27,28). The first-order valence-corrected chi connectivity index (χ1v) is 9.59. The molecule has 29 heavy (non-hydrogen) atoms. The van der Waals surface area contributed by atoms with E-state index in [9.17, 15) is 19.5 Å². The Bertz CT molecular complexity index is 985. The van der Waals surface area contributed by atoms with Crippen molar-refractivity contribution in [2.75, 3.05) is 6.54 Å². The fourth-order valence-corrected chi connectivity index (χ4v) is 3.34. The predicted octanol–water partition coefficient (Wildman–Crippen LogP) is 3.48. The number of benzene rings is 1. The first-order valence-electron chi connectivity index (χ1n) is 9.59. The summed E-state index contributed by atoms with van der Waals surface area (Å²) in [6.07, 6.45) is 3.22. The average molecular weight is 400 g/mol. The van der Waals surface area contributed by atoms with Crippen LogP contribution in [-0.2, 0) is 22.6 Å². The molecule has 0 unspecified atom stereocenters. The molecule has 1 aromatic heterocycles. The second-order valence-corrected chi connectivity index (χ2v) is 7.75. The summed E-state index contributed by atoms with van der Waals surface area (Å²) in [7, 11) is 0. The number of hydrogen-bond donors (Lipinski definition) is 1. The van der Waals surface area contributed by atoms with Gasteiger partial charge in [0.15, 0.2) is 0 Å². The van der Waals surface area contributed by atoms with Crippen LogP contribution in [0.1, 0.15) is 55.7 Å². The number of carboxylic acid groups (broad SMARTS) is 1. The zero-order valence-electron chi connectivity index (χ0n) is 17.4. The number of pyridine rings is 1. The van der Waals surface area contributed by atoms with E-state index in [1.807, 2.05) is 38.3 Å². The van der Waals surface area contributed by atoms with Gasteiger partial charge in [-0.15, -0.1) is 0 Å². The lowest BCUT2D eigenvalue weighted by Gasteiger charge is -2.27. The van der Waals surface area contributed by atoms with Gasteiger partial charge < -0.3 is 9.67 Å². The lowest BCUT2D eigenvalue weighted by Crippen LogP contribution is -2.34. The summed E-state index contributed by atoms with van der Waals surface area (Å²) in [5.74, 6) is -1.24. The summed E-state index contributed by atoms with van der Waals surface area (Å²) in [5.41, 5.74) is 0.761. The lowest BCUT2D eigenvalue weighted by atomic mass is 10.0. The smallest absolute Gasteiger partial charge is 0.341 e. The Morgan fingerprint density at radius 3 is 2.55 bits per heavy atom. The minimum atomic E-state index is -1.24. The highest BCUT2D eigenvalue weighted by Gasteiger charge is 2.21. The van der Waals surface area contributed by atoms with Crippen molar-refractivity contribution in [3.8, 4) is 0 Å². The van der Waals surface area contributed by atoms with E-state index in [2.05, 4.69) is 6.58 Å². The van der Waals surface area contributed by atoms with E-state index >= 15 is 0 Å². The summed E-state index contributed by atoms with van der Waals surface area (Å²) in [6, 6.07) is 5.21. The Morgan fingerprint density at radius 2 is 2.03 bits per heavy atom. The number of aryl methyl sites for hydroxylation is 1. The van der Waals surface area contributed by atoms with E-state index in [4.69, 9.17) is 4.84 Å². The summed E-state index contributed by atoms with van der Waals surface area (Å²) in [6.45, 7) is 11.9. The van der Waals surface area contributed by atoms with Gasteiger partial charge in [0.05, 0.1) is 17.7 Å². The van der Waals surface area contributed by atoms with Crippen molar-refractivity contribution in [1.29, 1.82) is 0 Å². The van der Waals surface area contributed by atoms with Crippen LogP contribution < -0.4 is 5.43 Å². The number of aromatic nitrogens is 1. The maximum Gasteiger partial charge on any atom is 0.341 e. The molecule has 0 fully saturated rings. The molecular formula is C22H28N2O5. The third kappa shape index (κ3) is 5.12. The van der Waals surface area contributed by atoms with Crippen molar-refractivity contribution in [1.82, 2.24) is 9.63 Å². The highest BCUT2D eigenvalue weighted by molar-refractivity contribution is 5.94. The number of hydroxylamine groups is 2. The number of hydrogen-bond acceptors (Lipinski definition) is 4. The number of fused-ring (bicyclic) bond motifs is 1. The zero-order valence-corrected chi connectivity index (χ0v) is 17.4. The number of carbonyl (C=O) groups excluding carboxylic acids is 1. The third-order valence-electron chi connectivity index (χ3n) is 4.45. The molecule has 7 nitrogen and oxygen atoms in total. The monoisotopic (exact) mass is 400 g/mol. The van der Waals surface area contributed by atoms with Crippen molar-refractivity contribution in [2.24, 2.45) is 0 Å². The summed E-state index contributed by atoms with van der Waals surface area (Å²) < 4.78 is 1.85. The zero-order chi connectivity index (χ0) is 21.8. The molecule has 0 aliphatic carbocycles. The molecular weight excluding hydrogens is 372 g/mol. The van der Waals surface area contributed by atoms with E-state index in [0.717, 1.165) is 5.56 Å². The summed E-state index contributed by atoms with van der Waals surface area (Å²) in [4.78, 5) is 41.5. The number of amides is 1. The molecule has 1 heterocycles. The molecule has 2 aromatic rings. The van der Waals surface area contributed by atoms with Crippen LogP contribution in [0.3, 0.4) is 0 Å². The fourth-order valence-electron chi connectivity index (χ4n) is 3.34. The second kappa shape index (κ2) is 9.05. The Hall–Kier alpha value is -2.93. The molecule has 0 aliphatic heterocycles. The minimum Gasteiger partial charge on any atom is -0.477 e. The van der Waals surface area contributed by atoms with Crippen molar-refractivity contribution in [2.45, 2.75) is 52.7 Å². The first kappa shape index (κ1) is 22.4. The minimum absolute atomic E-state index is 0.204. The van der Waals surface area contributed by atoms with E-state index < -0.39 is 17.0 Å². The van der Waals surface area contributed by atoms with Crippen molar-refractivity contribution < 1.29 is 19.5 Å². The average Bonchev–Trinajstić information content (AvgIpc) is 2.66. The molecule has 0 saturated carbocycles. The van der Waals surface area contributed by atoms with Gasteiger partial charge in [-0.2, -0.15) is 0 Å². The molecule has 0 atom stereocenters. The molecule has 156 valence electrons. The van der Waals surface area contributed by atoms with Gasteiger partial charge in [0, 0.05) is 17.6 Å². The fraction of sp³-hybridized carbons (Fsp3) is 0.409. The Kier molecular flexibility index (Phi) is 6.97. The van der Waals surface area contributed by atoms with Crippen LogP contribution in [0.4, 0.5) is 0 Å². The predicted molar refractivity (Wildman–Crippen MR) is 113 cm³/mol. The second-order valence-electron chi connectivity index (χ2n) is 7.75. The van der Waals surface area contributed by atoms with Crippen LogP contribution in [0.25, 0.3) is 17.0 Å². The van der Waals surface area contributed by atoms with Crippen LogP contribution in [0.15, 0.2) is 29.6 Å². The van der Waals surface area contributed by atoms with Gasteiger partial charge in [-0.25, -0.2) is 9.86 Å². The largest absolute Gasteiger partial charge is 0.477 e. The van der Waals surface area contributed by atoms with Gasteiger partial charge in [0.1, 0.15) is 5.56 Å². The molecule has 0 aliphatic rings. The van der Waals surface area contributed by atoms with E-state index in [1.54, 1.807) is 18.2 Å². The van der Waals surface area contributed by atoms with E-state index in [1.165, 1.54) is 5.06 Å². The normalized spacial score (nSPS) is 11.4. The molecule has 0 bridgehead atoms. The Balaban J connectivity index is 2.51. The van der Waals surface area contributed by atoms with Gasteiger partial charge in [0.25, 0.3) is 0 Å². The maximum absolute atomic E-state index is 12.8. The number of aromatic carboxylic acids is 1. The topological polar surface area (TPSA) is 88.8 Å². The van der Waals surface area contributed by atoms with Crippen molar-refractivity contribution >= 4 is 29.4 Å². The highest BCUT2D eigenvalue weighted by atomic mass is 16.7. The van der Waals surface area contributed by atoms with E-state index in [-0.39, 0.29) is 5.56 Å². The van der Waals surface area contributed by atoms with E-state index in [0.29, 0.717) is 48.9 Å². The molecule has 0 saturated heterocycles. The number of rotatable bonds is 9. The Morgan fingerprint density at radius 1 is 1.34 bits per heavy atom. The number of carboxylic acids is 1. The van der Waals surface area contributed by atoms with Crippen LogP contribution in [0.2, 0.25) is 0 Å². The third-order valence-corrected chi connectivity index (χ3v) is 4.45. The maximum atomic E-state index is 12.8. The molecule has 0 radical (unpaired) electrons. The lowest BCUT2D eigenvalue weighted by molar-refractivity contribution is -0.216. The number of carbonyl (C=O) groups is 2. The van der Waals surface area contributed by atoms with Crippen LogP contribution in [0.5, 0.6) is 0 Å². The molecule has 1 aromatic carbocycles. The van der Waals surface area contributed by atoms with Crippen LogP contribution >= 0.6 is 0 Å². The molecule has 0 spiro atoms. The SMILES string of the molecule is C=Cc1ccc2c(=O)c(C(=O)O)c(CC)n(CCCN(C=O)OC(C)(C)C)c2c1. The molecule has 7 heteroatoms. The first-order chi connectivity index (χ1) is 13.6. The van der Waals surface area contributed by atoms with Crippen LogP contribution in [0, 0.1) is 0 Å². The Labute approximate surface area is 170 Å². The molecule has 2 rings (SSSR count). The van der Waals surface area contributed by atoms with Crippen LogP contribution in [-0.4, -0.2) is 39.3 Å². The highest BCUT2D eigenvalue weighted by Crippen LogP contribution is 2.21. The number of nitrogens with zero attached hydrogens (tertiary/aromatic N) is 2. The van der Waals surface area contributed by atoms with Crippen molar-refractivity contribution in [3.63, 3.8) is 0 Å². The molecule has 1 amide bonds. The summed E-state index contributed by atoms with van der Waals surface area (Å²) >= 11 is 0. The van der Waals surface area contributed by atoms with Gasteiger partial charge in [0.2, 0.25) is 11.8 Å². The van der Waals surface area contributed by atoms with Gasteiger partial charge >= 0.3 is 5.97 Å². The molecule has 1 N–H and O–H groups in total. The van der Waals surface area contributed by atoms with Gasteiger partial charge in [-0.1, -0.05) is 25.6 Å². The van der Waals surface area contributed by atoms with Gasteiger partial charge in [-0.3, -0.25) is 14.4 Å². The quantitative estimate of drug-likeness (QED) is 0.514. The van der Waals surface area contributed by atoms with Gasteiger partial charge in [-0.05, 0) is 51.3 Å².